The second kappa shape index (κ2) is 8.90. The van der Waals surface area contributed by atoms with E-state index < -0.39 is 26.6 Å². The zero-order chi connectivity index (χ0) is 17.9. The molecule has 3 rings (SSSR count). The Balaban J connectivity index is 0.00000243. The summed E-state index contributed by atoms with van der Waals surface area (Å²) in [5.74, 6) is -1.88. The molecule has 1 aliphatic heterocycles. The molecule has 0 aromatic heterocycles. The third-order valence-corrected chi connectivity index (χ3v) is 5.90. The van der Waals surface area contributed by atoms with Crippen molar-refractivity contribution in [2.45, 2.75) is 30.3 Å². The lowest BCUT2D eigenvalue weighted by atomic mass is 10.1. The molecule has 2 aromatic rings. The van der Waals surface area contributed by atoms with Gasteiger partial charge in [0.1, 0.15) is 16.5 Å². The minimum atomic E-state index is -3.99. The first-order chi connectivity index (χ1) is 11.9. The molecule has 4 nitrogen and oxygen atoms in total. The van der Waals surface area contributed by atoms with Crippen LogP contribution >= 0.6 is 12.4 Å². The second-order valence-electron chi connectivity index (χ2n) is 6.23. The summed E-state index contributed by atoms with van der Waals surface area (Å²) in [4.78, 5) is 1.75. The molecule has 142 valence electrons. The van der Waals surface area contributed by atoms with Gasteiger partial charge in [0.15, 0.2) is 0 Å². The van der Waals surface area contributed by atoms with Gasteiger partial charge in [-0.2, -0.15) is 0 Å². The number of piperidine rings is 1. The van der Waals surface area contributed by atoms with E-state index in [0.717, 1.165) is 31.8 Å². The molecule has 0 spiro atoms. The number of nitrogens with zero attached hydrogens (tertiary/aromatic N) is 1. The van der Waals surface area contributed by atoms with Crippen molar-refractivity contribution in [2.75, 3.05) is 13.1 Å². The summed E-state index contributed by atoms with van der Waals surface area (Å²) >= 11 is 0. The van der Waals surface area contributed by atoms with Crippen LogP contribution in [0.15, 0.2) is 53.4 Å². The van der Waals surface area contributed by atoms with Crippen molar-refractivity contribution in [3.63, 3.8) is 0 Å². The molecule has 0 radical (unpaired) electrons. The molecule has 0 saturated carbocycles. The third-order valence-electron chi connectivity index (χ3n) is 4.34. The Labute approximate surface area is 158 Å². The quantitative estimate of drug-likeness (QED) is 0.834. The number of likely N-dealkylation sites (tertiary alicyclic amines) is 1. The van der Waals surface area contributed by atoms with Crippen molar-refractivity contribution in [2.24, 2.45) is 0 Å². The molecule has 1 aliphatic rings. The topological polar surface area (TPSA) is 49.4 Å². The fraction of sp³-hybridized carbons (Fsp3) is 0.333. The number of sulfonamides is 1. The van der Waals surface area contributed by atoms with E-state index in [1.165, 1.54) is 5.56 Å². The summed E-state index contributed by atoms with van der Waals surface area (Å²) in [5.41, 5.74) is 1.22. The first-order valence-corrected chi connectivity index (χ1v) is 9.66. The average molecular weight is 403 g/mol. The van der Waals surface area contributed by atoms with Crippen molar-refractivity contribution < 1.29 is 17.2 Å². The van der Waals surface area contributed by atoms with Gasteiger partial charge in [0.2, 0.25) is 10.0 Å². The van der Waals surface area contributed by atoms with Crippen LogP contribution < -0.4 is 4.72 Å². The summed E-state index contributed by atoms with van der Waals surface area (Å²) in [6, 6.07) is 12.3. The highest BCUT2D eigenvalue weighted by atomic mass is 35.5. The second-order valence-corrected chi connectivity index (χ2v) is 7.91. The summed E-state index contributed by atoms with van der Waals surface area (Å²) in [7, 11) is -3.99. The van der Waals surface area contributed by atoms with E-state index in [4.69, 9.17) is 0 Å². The van der Waals surface area contributed by atoms with Crippen LogP contribution in [-0.2, 0) is 16.6 Å². The maximum atomic E-state index is 13.7. The van der Waals surface area contributed by atoms with Crippen molar-refractivity contribution in [3.05, 3.63) is 65.7 Å². The minimum Gasteiger partial charge on any atom is -0.299 e. The molecule has 0 bridgehead atoms. The van der Waals surface area contributed by atoms with Crippen LogP contribution in [0.5, 0.6) is 0 Å². The zero-order valence-corrected chi connectivity index (χ0v) is 15.7. The van der Waals surface area contributed by atoms with Crippen LogP contribution in [-0.4, -0.2) is 32.4 Å². The lowest BCUT2D eigenvalue weighted by Crippen LogP contribution is -2.44. The van der Waals surface area contributed by atoms with Crippen LogP contribution in [0, 0.1) is 11.6 Å². The van der Waals surface area contributed by atoms with Crippen molar-refractivity contribution >= 4 is 22.4 Å². The van der Waals surface area contributed by atoms with E-state index in [0.29, 0.717) is 18.9 Å². The van der Waals surface area contributed by atoms with Crippen LogP contribution in [0.1, 0.15) is 18.4 Å². The lowest BCUT2D eigenvalue weighted by molar-refractivity contribution is 0.200. The Hall–Kier alpha value is -1.54. The van der Waals surface area contributed by atoms with Crippen molar-refractivity contribution in [3.8, 4) is 0 Å². The molecule has 1 saturated heterocycles. The van der Waals surface area contributed by atoms with Gasteiger partial charge in [0.25, 0.3) is 0 Å². The number of hydrogen-bond acceptors (Lipinski definition) is 3. The fourth-order valence-corrected chi connectivity index (χ4v) is 4.39. The Morgan fingerprint density at radius 1 is 1.04 bits per heavy atom. The predicted molar refractivity (Wildman–Crippen MR) is 98.7 cm³/mol. The first-order valence-electron chi connectivity index (χ1n) is 8.18. The normalized spacial score (nSPS) is 16.2. The van der Waals surface area contributed by atoms with Crippen LogP contribution in [0.2, 0.25) is 0 Å². The summed E-state index contributed by atoms with van der Waals surface area (Å²) < 4.78 is 53.9. The highest BCUT2D eigenvalue weighted by molar-refractivity contribution is 7.89. The molecule has 2 aromatic carbocycles. The number of rotatable bonds is 5. The smallest absolute Gasteiger partial charge is 0.243 e. The maximum Gasteiger partial charge on any atom is 0.243 e. The van der Waals surface area contributed by atoms with Crippen LogP contribution in [0.4, 0.5) is 8.78 Å². The molecule has 1 heterocycles. The number of nitrogens with one attached hydrogen (secondary N) is 1. The summed E-state index contributed by atoms with van der Waals surface area (Å²) in [5, 5.41) is 0. The predicted octanol–water partition coefficient (Wildman–Crippen LogP) is 3.33. The monoisotopic (exact) mass is 402 g/mol. The highest BCUT2D eigenvalue weighted by Crippen LogP contribution is 2.19. The largest absolute Gasteiger partial charge is 0.299 e. The van der Waals surface area contributed by atoms with E-state index in [2.05, 4.69) is 21.8 Å². The fourth-order valence-electron chi connectivity index (χ4n) is 3.03. The van der Waals surface area contributed by atoms with E-state index in [1.807, 2.05) is 18.2 Å². The van der Waals surface area contributed by atoms with Crippen molar-refractivity contribution in [1.82, 2.24) is 9.62 Å². The van der Waals surface area contributed by atoms with E-state index in [9.17, 15) is 17.2 Å². The number of halogens is 3. The van der Waals surface area contributed by atoms with Gasteiger partial charge < -0.3 is 0 Å². The van der Waals surface area contributed by atoms with Crippen molar-refractivity contribution in [1.29, 1.82) is 0 Å². The van der Waals surface area contributed by atoms with Gasteiger partial charge in [-0.3, -0.25) is 4.90 Å². The lowest BCUT2D eigenvalue weighted by Gasteiger charge is -2.32. The average Bonchev–Trinajstić information content (AvgIpc) is 2.57. The molecule has 26 heavy (non-hydrogen) atoms. The molecular weight excluding hydrogens is 382 g/mol. The van der Waals surface area contributed by atoms with Gasteiger partial charge in [-0.15, -0.1) is 12.4 Å². The van der Waals surface area contributed by atoms with Gasteiger partial charge in [0, 0.05) is 31.7 Å². The van der Waals surface area contributed by atoms with E-state index in [1.54, 1.807) is 0 Å². The summed E-state index contributed by atoms with van der Waals surface area (Å²) in [6.45, 7) is 2.34. The van der Waals surface area contributed by atoms with Gasteiger partial charge in [0.05, 0.1) is 0 Å². The van der Waals surface area contributed by atoms with E-state index >= 15 is 0 Å². The molecular formula is C18H21ClF2N2O2S. The molecule has 0 unspecified atom stereocenters. The maximum absolute atomic E-state index is 13.7. The Morgan fingerprint density at radius 2 is 1.69 bits per heavy atom. The molecule has 0 amide bonds. The Bertz CT molecular complexity index is 826. The Kier molecular flexibility index (Phi) is 7.11. The molecule has 0 aliphatic carbocycles. The molecule has 0 atom stereocenters. The number of benzene rings is 2. The van der Waals surface area contributed by atoms with Gasteiger partial charge in [-0.25, -0.2) is 21.9 Å². The number of hydrogen-bond donors (Lipinski definition) is 1. The van der Waals surface area contributed by atoms with Crippen LogP contribution in [0.3, 0.4) is 0 Å². The first kappa shape index (κ1) is 20.8. The molecule has 1 N–H and O–H groups in total. The van der Waals surface area contributed by atoms with E-state index in [-0.39, 0.29) is 18.4 Å². The molecule has 8 heteroatoms. The summed E-state index contributed by atoms with van der Waals surface area (Å²) in [6.07, 6.45) is 1.30. The zero-order valence-electron chi connectivity index (χ0n) is 14.1. The molecule has 1 fully saturated rings. The Morgan fingerprint density at radius 3 is 2.31 bits per heavy atom. The standard InChI is InChI=1S/C18H20F2N2O2S.ClH/c19-15-6-7-18(17(20)12-15)25(23,24)21-16-8-10-22(11-9-16)13-14-4-2-1-3-5-14;/h1-7,12,16,21H,8-11,13H2;1H. The van der Waals surface area contributed by atoms with Crippen LogP contribution in [0.25, 0.3) is 0 Å². The van der Waals surface area contributed by atoms with Gasteiger partial charge in [-0.05, 0) is 30.5 Å². The van der Waals surface area contributed by atoms with Gasteiger partial charge >= 0.3 is 0 Å². The highest BCUT2D eigenvalue weighted by Gasteiger charge is 2.26. The third kappa shape index (κ3) is 5.23. The van der Waals surface area contributed by atoms with Gasteiger partial charge in [-0.1, -0.05) is 30.3 Å². The minimum absolute atomic E-state index is 0. The SMILES string of the molecule is Cl.O=S(=O)(NC1CCN(Cc2ccccc2)CC1)c1ccc(F)cc1F.